The van der Waals surface area contributed by atoms with Crippen LogP contribution < -0.4 is 10.5 Å². The van der Waals surface area contributed by atoms with Crippen LogP contribution in [0.5, 0.6) is 5.75 Å². The zero-order valence-electron chi connectivity index (χ0n) is 15.1. The van der Waals surface area contributed by atoms with Crippen molar-refractivity contribution in [3.63, 3.8) is 0 Å². The largest absolute Gasteiger partial charge is 0.488 e. The second kappa shape index (κ2) is 6.77. The average Bonchev–Trinajstić information content (AvgIpc) is 2.92. The molecule has 2 aromatic rings. The summed E-state index contributed by atoms with van der Waals surface area (Å²) in [6.45, 7) is 7.88. The molecule has 0 amide bonds. The SMILES string of the molecule is CCn1c(CN2CC(Oc3cccc(C)c3)C2)nnc1C1CC(N)C1. The zero-order valence-corrected chi connectivity index (χ0v) is 15.1. The second-order valence-electron chi connectivity index (χ2n) is 7.40. The highest BCUT2D eigenvalue weighted by Crippen LogP contribution is 2.35. The van der Waals surface area contributed by atoms with Crippen molar-refractivity contribution in [3.8, 4) is 5.75 Å². The number of likely N-dealkylation sites (tertiary alicyclic amines) is 1. The summed E-state index contributed by atoms with van der Waals surface area (Å²) in [7, 11) is 0. The fraction of sp³-hybridized carbons (Fsp3) is 0.579. The van der Waals surface area contributed by atoms with Gasteiger partial charge in [-0.3, -0.25) is 4.90 Å². The molecular formula is C19H27N5O. The Morgan fingerprint density at radius 3 is 2.72 bits per heavy atom. The van der Waals surface area contributed by atoms with Crippen LogP contribution in [0.25, 0.3) is 0 Å². The summed E-state index contributed by atoms with van der Waals surface area (Å²) >= 11 is 0. The van der Waals surface area contributed by atoms with Crippen molar-refractivity contribution in [1.29, 1.82) is 0 Å². The molecule has 134 valence electrons. The van der Waals surface area contributed by atoms with Gasteiger partial charge in [-0.05, 0) is 44.4 Å². The van der Waals surface area contributed by atoms with E-state index in [2.05, 4.69) is 45.6 Å². The van der Waals surface area contributed by atoms with Crippen molar-refractivity contribution in [1.82, 2.24) is 19.7 Å². The third-order valence-electron chi connectivity index (χ3n) is 5.29. The normalized spacial score (nSPS) is 24.0. The molecule has 0 spiro atoms. The van der Waals surface area contributed by atoms with Crippen molar-refractivity contribution >= 4 is 0 Å². The molecule has 0 unspecified atom stereocenters. The van der Waals surface area contributed by atoms with Gasteiger partial charge in [-0.1, -0.05) is 12.1 Å². The van der Waals surface area contributed by atoms with E-state index in [9.17, 15) is 0 Å². The number of ether oxygens (including phenoxy) is 1. The molecule has 1 aliphatic heterocycles. The molecule has 0 atom stereocenters. The van der Waals surface area contributed by atoms with Gasteiger partial charge >= 0.3 is 0 Å². The molecule has 25 heavy (non-hydrogen) atoms. The van der Waals surface area contributed by atoms with Crippen molar-refractivity contribution in [3.05, 3.63) is 41.5 Å². The number of nitrogens with zero attached hydrogens (tertiary/aromatic N) is 4. The highest BCUT2D eigenvalue weighted by molar-refractivity contribution is 5.27. The first-order valence-electron chi connectivity index (χ1n) is 9.25. The van der Waals surface area contributed by atoms with Crippen LogP contribution in [-0.2, 0) is 13.1 Å². The minimum Gasteiger partial charge on any atom is -0.488 e. The number of rotatable bonds is 6. The van der Waals surface area contributed by atoms with Crippen molar-refractivity contribution in [2.75, 3.05) is 13.1 Å². The first-order valence-corrected chi connectivity index (χ1v) is 9.25. The number of hydrogen-bond donors (Lipinski definition) is 1. The second-order valence-corrected chi connectivity index (χ2v) is 7.40. The van der Waals surface area contributed by atoms with Gasteiger partial charge in [0, 0.05) is 31.6 Å². The predicted octanol–water partition coefficient (Wildman–Crippen LogP) is 2.07. The molecule has 4 rings (SSSR count). The van der Waals surface area contributed by atoms with Gasteiger partial charge in [-0.25, -0.2) is 0 Å². The quantitative estimate of drug-likeness (QED) is 0.871. The fourth-order valence-electron chi connectivity index (χ4n) is 3.79. The van der Waals surface area contributed by atoms with Crippen LogP contribution in [0, 0.1) is 6.92 Å². The Kier molecular flexibility index (Phi) is 4.48. The van der Waals surface area contributed by atoms with Crippen molar-refractivity contribution in [2.45, 2.75) is 57.8 Å². The molecular weight excluding hydrogens is 314 g/mol. The van der Waals surface area contributed by atoms with Crippen molar-refractivity contribution in [2.24, 2.45) is 5.73 Å². The lowest BCUT2D eigenvalue weighted by atomic mass is 9.80. The summed E-state index contributed by atoms with van der Waals surface area (Å²) in [5.41, 5.74) is 7.15. The van der Waals surface area contributed by atoms with Gasteiger partial charge < -0.3 is 15.0 Å². The van der Waals surface area contributed by atoms with Gasteiger partial charge in [0.05, 0.1) is 6.54 Å². The summed E-state index contributed by atoms with van der Waals surface area (Å²) in [6, 6.07) is 8.58. The number of aryl methyl sites for hydroxylation is 1. The van der Waals surface area contributed by atoms with Crippen LogP contribution in [0.4, 0.5) is 0 Å². The van der Waals surface area contributed by atoms with E-state index in [1.54, 1.807) is 0 Å². The van der Waals surface area contributed by atoms with Crippen LogP contribution in [-0.4, -0.2) is 44.9 Å². The minimum atomic E-state index is 0.267. The maximum atomic E-state index is 6.04. The van der Waals surface area contributed by atoms with Crippen LogP contribution in [0.1, 0.15) is 42.9 Å². The van der Waals surface area contributed by atoms with Crippen molar-refractivity contribution < 1.29 is 4.74 Å². The van der Waals surface area contributed by atoms with Crippen LogP contribution in [0.3, 0.4) is 0 Å². The van der Waals surface area contributed by atoms with Crippen LogP contribution in [0.15, 0.2) is 24.3 Å². The Morgan fingerprint density at radius 2 is 2.04 bits per heavy atom. The molecule has 2 aliphatic rings. The molecule has 1 aromatic carbocycles. The van der Waals surface area contributed by atoms with E-state index in [1.165, 1.54) is 5.56 Å². The van der Waals surface area contributed by atoms with E-state index in [0.29, 0.717) is 12.0 Å². The van der Waals surface area contributed by atoms with Crippen LogP contribution >= 0.6 is 0 Å². The zero-order chi connectivity index (χ0) is 17.4. The van der Waals surface area contributed by atoms with Gasteiger partial charge in [0.2, 0.25) is 0 Å². The Balaban J connectivity index is 1.32. The Hall–Kier alpha value is -1.92. The number of aromatic nitrogens is 3. The summed E-state index contributed by atoms with van der Waals surface area (Å²) in [5.74, 6) is 3.63. The highest BCUT2D eigenvalue weighted by atomic mass is 16.5. The van der Waals surface area contributed by atoms with E-state index >= 15 is 0 Å². The van der Waals surface area contributed by atoms with Crippen LogP contribution in [0.2, 0.25) is 0 Å². The molecule has 1 aliphatic carbocycles. The van der Waals surface area contributed by atoms with Gasteiger partial charge in [0.15, 0.2) is 0 Å². The van der Waals surface area contributed by atoms with E-state index in [0.717, 1.165) is 56.4 Å². The summed E-state index contributed by atoms with van der Waals surface area (Å²) in [4.78, 5) is 2.37. The molecule has 6 heteroatoms. The molecule has 2 N–H and O–H groups in total. The lowest BCUT2D eigenvalue weighted by molar-refractivity contribution is 0.0122. The highest BCUT2D eigenvalue weighted by Gasteiger charge is 2.34. The summed E-state index contributed by atoms with van der Waals surface area (Å²) in [6.07, 6.45) is 2.34. The molecule has 6 nitrogen and oxygen atoms in total. The first-order chi connectivity index (χ1) is 12.1. The van der Waals surface area contributed by atoms with E-state index in [1.807, 2.05) is 12.1 Å². The maximum absolute atomic E-state index is 6.04. The molecule has 0 bridgehead atoms. The maximum Gasteiger partial charge on any atom is 0.147 e. The molecule has 2 heterocycles. The van der Waals surface area contributed by atoms with Gasteiger partial charge in [-0.2, -0.15) is 0 Å². The fourth-order valence-corrected chi connectivity index (χ4v) is 3.79. The Labute approximate surface area is 149 Å². The number of hydrogen-bond acceptors (Lipinski definition) is 5. The molecule has 2 fully saturated rings. The van der Waals surface area contributed by atoms with Gasteiger partial charge in [0.1, 0.15) is 23.5 Å². The molecule has 0 radical (unpaired) electrons. The minimum absolute atomic E-state index is 0.267. The molecule has 1 saturated heterocycles. The summed E-state index contributed by atoms with van der Waals surface area (Å²) < 4.78 is 8.31. The van der Waals surface area contributed by atoms with E-state index in [4.69, 9.17) is 10.5 Å². The molecule has 1 saturated carbocycles. The molecule has 1 aromatic heterocycles. The Morgan fingerprint density at radius 1 is 1.24 bits per heavy atom. The van der Waals surface area contributed by atoms with Gasteiger partial charge in [0.25, 0.3) is 0 Å². The number of nitrogens with two attached hydrogens (primary N) is 1. The lowest BCUT2D eigenvalue weighted by Gasteiger charge is -2.38. The standard InChI is InChI=1S/C19H27N5O/c1-3-24-18(21-22-19(24)14-8-15(20)9-14)12-23-10-17(11-23)25-16-6-4-5-13(2)7-16/h4-7,14-15,17H,3,8-12,20H2,1-2H3. The van der Waals surface area contributed by atoms with E-state index in [-0.39, 0.29) is 6.10 Å². The van der Waals surface area contributed by atoms with Gasteiger partial charge in [-0.15, -0.1) is 10.2 Å². The third kappa shape index (κ3) is 3.41. The first kappa shape index (κ1) is 16.5. The third-order valence-corrected chi connectivity index (χ3v) is 5.29. The predicted molar refractivity (Wildman–Crippen MR) is 96.5 cm³/mol. The average molecular weight is 341 g/mol. The topological polar surface area (TPSA) is 69.2 Å². The Bertz CT molecular complexity index is 731. The smallest absolute Gasteiger partial charge is 0.147 e. The van der Waals surface area contributed by atoms with E-state index < -0.39 is 0 Å². The monoisotopic (exact) mass is 341 g/mol. The summed E-state index contributed by atoms with van der Waals surface area (Å²) in [5, 5.41) is 8.90. The number of benzene rings is 1. The lowest BCUT2D eigenvalue weighted by Crippen LogP contribution is -2.53.